The summed E-state index contributed by atoms with van der Waals surface area (Å²) >= 11 is 0. The van der Waals surface area contributed by atoms with Gasteiger partial charge in [0.05, 0.1) is 23.3 Å². The van der Waals surface area contributed by atoms with E-state index >= 15 is 0 Å². The van der Waals surface area contributed by atoms with E-state index in [2.05, 4.69) is 19.9 Å². The van der Waals surface area contributed by atoms with Gasteiger partial charge in [0.2, 0.25) is 0 Å². The summed E-state index contributed by atoms with van der Waals surface area (Å²) in [5.74, 6) is -1.13. The van der Waals surface area contributed by atoms with Gasteiger partial charge in [0, 0.05) is 36.3 Å². The van der Waals surface area contributed by atoms with Gasteiger partial charge in [-0.05, 0) is 45.4 Å². The van der Waals surface area contributed by atoms with Crippen LogP contribution in [0.3, 0.4) is 0 Å². The molecular weight excluding hydrogens is 456 g/mol. The third-order valence-corrected chi connectivity index (χ3v) is 5.23. The van der Waals surface area contributed by atoms with Crippen LogP contribution in [0, 0.1) is 25.5 Å². The van der Waals surface area contributed by atoms with Crippen molar-refractivity contribution in [3.05, 3.63) is 93.7 Å². The van der Waals surface area contributed by atoms with Crippen LogP contribution in [0.1, 0.15) is 36.6 Å². The number of hydrogen-bond acceptors (Lipinski definition) is 7. The third-order valence-electron chi connectivity index (χ3n) is 5.23. The Kier molecular flexibility index (Phi) is 6.40. The molecule has 180 valence electrons. The van der Waals surface area contributed by atoms with Crippen LogP contribution in [0.4, 0.5) is 8.78 Å². The molecule has 0 aliphatic rings. The quantitative estimate of drug-likeness (QED) is 0.449. The Labute approximate surface area is 200 Å². The van der Waals surface area contributed by atoms with E-state index < -0.39 is 17.2 Å². The van der Waals surface area contributed by atoms with Gasteiger partial charge in [-0.2, -0.15) is 0 Å². The number of pyridine rings is 3. The van der Waals surface area contributed by atoms with E-state index in [0.29, 0.717) is 22.8 Å². The molecule has 4 aromatic heterocycles. The number of aryl methyl sites for hydroxylation is 2. The number of hydrogen-bond donors (Lipinski definition) is 1. The number of rotatable bonds is 6. The van der Waals surface area contributed by atoms with E-state index in [1.54, 1.807) is 51.4 Å². The molecule has 10 heteroatoms. The number of aromatic nitrogens is 5. The molecule has 4 heterocycles. The van der Waals surface area contributed by atoms with Crippen LogP contribution in [0.15, 0.2) is 53.7 Å². The lowest BCUT2D eigenvalue weighted by Gasteiger charge is -2.17. The molecule has 0 aliphatic heterocycles. The molecule has 0 atom stereocenters. The Morgan fingerprint density at radius 3 is 2.49 bits per heavy atom. The lowest BCUT2D eigenvalue weighted by Crippen LogP contribution is -2.21. The third kappa shape index (κ3) is 5.22. The van der Waals surface area contributed by atoms with Crippen molar-refractivity contribution in [1.29, 1.82) is 0 Å². The van der Waals surface area contributed by atoms with Crippen LogP contribution in [0.2, 0.25) is 0 Å². The fraction of sp³-hybridized carbons (Fsp3) is 0.240. The van der Waals surface area contributed by atoms with Crippen molar-refractivity contribution in [2.75, 3.05) is 0 Å². The molecular formula is C25H23F2N5O3. The zero-order valence-corrected chi connectivity index (χ0v) is 19.6. The fourth-order valence-electron chi connectivity index (χ4n) is 3.46. The van der Waals surface area contributed by atoms with E-state index in [1.165, 1.54) is 10.6 Å². The van der Waals surface area contributed by atoms with Gasteiger partial charge in [-0.3, -0.25) is 19.3 Å². The van der Waals surface area contributed by atoms with Gasteiger partial charge in [0.15, 0.2) is 11.6 Å². The van der Waals surface area contributed by atoms with Crippen molar-refractivity contribution in [1.82, 2.24) is 24.5 Å². The fourth-order valence-corrected chi connectivity index (χ4v) is 3.46. The van der Waals surface area contributed by atoms with Crippen LogP contribution in [-0.4, -0.2) is 29.6 Å². The highest BCUT2D eigenvalue weighted by Gasteiger charge is 2.21. The first-order valence-electron chi connectivity index (χ1n) is 10.7. The SMILES string of the molecule is Cc1cnc(-c2ccnc(C(C)(C)O)n2)cc1-n1c(C)cc(OCc2ncc(F)cc2F)cc1=O. The molecule has 0 saturated carbocycles. The molecule has 0 saturated heterocycles. The second kappa shape index (κ2) is 9.30. The number of nitrogens with zero attached hydrogens (tertiary/aromatic N) is 5. The second-order valence-corrected chi connectivity index (χ2v) is 8.56. The summed E-state index contributed by atoms with van der Waals surface area (Å²) in [5, 5.41) is 10.2. The number of halogens is 2. The lowest BCUT2D eigenvalue weighted by molar-refractivity contribution is 0.0688. The number of ether oxygens (including phenoxy) is 1. The highest BCUT2D eigenvalue weighted by Crippen LogP contribution is 2.24. The van der Waals surface area contributed by atoms with Gasteiger partial charge in [-0.1, -0.05) is 0 Å². The smallest absolute Gasteiger partial charge is 0.259 e. The normalized spacial score (nSPS) is 11.5. The van der Waals surface area contributed by atoms with Gasteiger partial charge in [-0.25, -0.2) is 18.7 Å². The summed E-state index contributed by atoms with van der Waals surface area (Å²) in [6.07, 6.45) is 4.08. The van der Waals surface area contributed by atoms with Crippen LogP contribution in [-0.2, 0) is 12.2 Å². The van der Waals surface area contributed by atoms with Crippen molar-refractivity contribution in [3.63, 3.8) is 0 Å². The molecule has 0 radical (unpaired) electrons. The predicted molar refractivity (Wildman–Crippen MR) is 124 cm³/mol. The highest BCUT2D eigenvalue weighted by molar-refractivity contribution is 5.59. The maximum absolute atomic E-state index is 13.8. The Morgan fingerprint density at radius 2 is 1.80 bits per heavy atom. The first kappa shape index (κ1) is 24.1. The molecule has 35 heavy (non-hydrogen) atoms. The minimum Gasteiger partial charge on any atom is -0.487 e. The first-order chi connectivity index (χ1) is 16.5. The summed E-state index contributed by atoms with van der Waals surface area (Å²) in [4.78, 5) is 29.7. The van der Waals surface area contributed by atoms with Crippen LogP contribution >= 0.6 is 0 Å². The van der Waals surface area contributed by atoms with Crippen molar-refractivity contribution in [2.45, 2.75) is 39.9 Å². The van der Waals surface area contributed by atoms with Gasteiger partial charge >= 0.3 is 0 Å². The average Bonchev–Trinajstić information content (AvgIpc) is 2.79. The van der Waals surface area contributed by atoms with Crippen molar-refractivity contribution in [2.24, 2.45) is 0 Å². The first-order valence-corrected chi connectivity index (χ1v) is 10.7. The molecule has 0 bridgehead atoms. The standard InChI is InChI=1S/C25H23F2N5O3/c1-14-11-29-20(19-5-6-28-24(31-19)25(3,4)34)10-22(14)32-15(2)7-17(9-23(32)33)35-13-21-18(27)8-16(26)12-30-21/h5-12,34H,13H2,1-4H3. The molecule has 0 amide bonds. The van der Waals surface area contributed by atoms with E-state index in [9.17, 15) is 18.7 Å². The van der Waals surface area contributed by atoms with Crippen LogP contribution < -0.4 is 10.3 Å². The van der Waals surface area contributed by atoms with E-state index in [0.717, 1.165) is 17.8 Å². The summed E-state index contributed by atoms with van der Waals surface area (Å²) in [5.41, 5.74) is 1.26. The molecule has 0 spiro atoms. The van der Waals surface area contributed by atoms with Crippen LogP contribution in [0.5, 0.6) is 5.75 Å². The molecule has 8 nitrogen and oxygen atoms in total. The molecule has 0 aliphatic carbocycles. The summed E-state index contributed by atoms with van der Waals surface area (Å²) in [6.45, 7) is 6.49. The minimum atomic E-state index is -1.22. The Morgan fingerprint density at radius 1 is 1.03 bits per heavy atom. The average molecular weight is 479 g/mol. The summed E-state index contributed by atoms with van der Waals surface area (Å²) < 4.78 is 33.9. The summed E-state index contributed by atoms with van der Waals surface area (Å²) in [7, 11) is 0. The Bertz CT molecular complexity index is 1460. The Balaban J connectivity index is 1.67. The molecule has 0 unspecified atom stereocenters. The molecule has 0 aromatic carbocycles. The molecule has 4 rings (SSSR count). The Hall–Kier alpha value is -4.05. The van der Waals surface area contributed by atoms with E-state index in [1.807, 2.05) is 6.92 Å². The minimum absolute atomic E-state index is 0.0712. The topological polar surface area (TPSA) is 103 Å². The maximum Gasteiger partial charge on any atom is 0.259 e. The maximum atomic E-state index is 13.8. The van der Waals surface area contributed by atoms with Gasteiger partial charge in [0.1, 0.15) is 29.5 Å². The van der Waals surface area contributed by atoms with Gasteiger partial charge in [0.25, 0.3) is 5.56 Å². The van der Waals surface area contributed by atoms with Gasteiger partial charge in [-0.15, -0.1) is 0 Å². The zero-order chi connectivity index (χ0) is 25.3. The van der Waals surface area contributed by atoms with E-state index in [-0.39, 0.29) is 29.4 Å². The molecule has 4 aromatic rings. The predicted octanol–water partition coefficient (Wildman–Crippen LogP) is 3.79. The van der Waals surface area contributed by atoms with Crippen molar-refractivity contribution in [3.8, 4) is 22.8 Å². The number of aliphatic hydroxyl groups is 1. The zero-order valence-electron chi connectivity index (χ0n) is 19.6. The van der Waals surface area contributed by atoms with Crippen LogP contribution in [0.25, 0.3) is 17.1 Å². The van der Waals surface area contributed by atoms with E-state index in [4.69, 9.17) is 4.74 Å². The second-order valence-electron chi connectivity index (χ2n) is 8.56. The monoisotopic (exact) mass is 479 g/mol. The lowest BCUT2D eigenvalue weighted by atomic mass is 10.1. The van der Waals surface area contributed by atoms with Gasteiger partial charge < -0.3 is 9.84 Å². The summed E-state index contributed by atoms with van der Waals surface area (Å²) in [6, 6.07) is 7.05. The highest BCUT2D eigenvalue weighted by atomic mass is 19.1. The van der Waals surface area contributed by atoms with Crippen molar-refractivity contribution < 1.29 is 18.6 Å². The largest absolute Gasteiger partial charge is 0.487 e. The molecule has 1 N–H and O–H groups in total. The molecule has 0 fully saturated rings. The van der Waals surface area contributed by atoms with Crippen molar-refractivity contribution >= 4 is 0 Å².